The summed E-state index contributed by atoms with van der Waals surface area (Å²) in [5.74, 6) is 0.974. The monoisotopic (exact) mass is 230 g/mol. The lowest BCUT2D eigenvalue weighted by molar-refractivity contribution is 0.0557. The highest BCUT2D eigenvalue weighted by Gasteiger charge is 2.28. The topological polar surface area (TPSA) is 37.0 Å². The summed E-state index contributed by atoms with van der Waals surface area (Å²) in [6.45, 7) is 4.29. The van der Waals surface area contributed by atoms with Crippen LogP contribution in [0.15, 0.2) is 30.5 Å². The number of rotatable bonds is 2. The smallest absolute Gasteiger partial charge is 0.120 e. The molecule has 3 rings (SSSR count). The minimum Gasteiger partial charge on any atom is -0.487 e. The zero-order valence-corrected chi connectivity index (χ0v) is 10.1. The van der Waals surface area contributed by atoms with Gasteiger partial charge in [-0.2, -0.15) is 0 Å². The van der Waals surface area contributed by atoms with E-state index in [9.17, 15) is 0 Å². The third-order valence-corrected chi connectivity index (χ3v) is 3.55. The van der Waals surface area contributed by atoms with E-state index < -0.39 is 0 Å². The van der Waals surface area contributed by atoms with Gasteiger partial charge in [-0.1, -0.05) is 0 Å². The second-order valence-electron chi connectivity index (χ2n) is 5.03. The van der Waals surface area contributed by atoms with Gasteiger partial charge in [-0.05, 0) is 57.1 Å². The summed E-state index contributed by atoms with van der Waals surface area (Å²) in [6, 6.07) is 8.31. The van der Waals surface area contributed by atoms with Crippen molar-refractivity contribution in [1.82, 2.24) is 10.3 Å². The summed E-state index contributed by atoms with van der Waals surface area (Å²) in [5, 5.41) is 4.57. The van der Waals surface area contributed by atoms with Crippen LogP contribution in [0.25, 0.3) is 10.9 Å². The number of fused-ring (bicyclic) bond motifs is 1. The Balaban J connectivity index is 1.83. The molecule has 0 saturated carbocycles. The summed E-state index contributed by atoms with van der Waals surface area (Å²) in [6.07, 6.45) is 4.09. The lowest BCUT2D eigenvalue weighted by atomic mass is 9.94. The number of H-pyrrole nitrogens is 1. The summed E-state index contributed by atoms with van der Waals surface area (Å²) in [5.41, 5.74) is 1.14. The Hall–Kier alpha value is -1.48. The SMILES string of the molecule is CC1(Oc2ccc3[nH]ccc3c2)CCNCC1. The zero-order chi connectivity index (χ0) is 11.7. The molecule has 3 heteroatoms. The Labute approximate surface area is 101 Å². The predicted molar refractivity (Wildman–Crippen MR) is 69.4 cm³/mol. The van der Waals surface area contributed by atoms with Gasteiger partial charge < -0.3 is 15.0 Å². The Bertz CT molecular complexity index is 512. The van der Waals surface area contributed by atoms with Crippen molar-refractivity contribution in [3.8, 4) is 5.75 Å². The van der Waals surface area contributed by atoms with E-state index in [0.29, 0.717) is 0 Å². The van der Waals surface area contributed by atoms with Crippen LogP contribution in [-0.2, 0) is 0 Å². The van der Waals surface area contributed by atoms with Crippen molar-refractivity contribution in [3.63, 3.8) is 0 Å². The van der Waals surface area contributed by atoms with Crippen LogP contribution in [0.5, 0.6) is 5.75 Å². The summed E-state index contributed by atoms with van der Waals surface area (Å²) < 4.78 is 6.17. The molecular weight excluding hydrogens is 212 g/mol. The molecule has 0 unspecified atom stereocenters. The normalized spacial score (nSPS) is 19.4. The molecule has 2 heterocycles. The maximum absolute atomic E-state index is 6.17. The van der Waals surface area contributed by atoms with Crippen LogP contribution in [0.4, 0.5) is 0 Å². The third kappa shape index (κ3) is 2.15. The molecule has 1 aromatic heterocycles. The molecule has 2 N–H and O–H groups in total. The maximum Gasteiger partial charge on any atom is 0.120 e. The van der Waals surface area contributed by atoms with Crippen molar-refractivity contribution in [2.75, 3.05) is 13.1 Å². The van der Waals surface area contributed by atoms with E-state index in [2.05, 4.69) is 35.4 Å². The first kappa shape index (κ1) is 10.7. The van der Waals surface area contributed by atoms with E-state index in [4.69, 9.17) is 4.74 Å². The molecule has 0 aliphatic carbocycles. The average molecular weight is 230 g/mol. The molecule has 1 fully saturated rings. The highest BCUT2D eigenvalue weighted by Crippen LogP contribution is 2.28. The number of hydrogen-bond donors (Lipinski definition) is 2. The highest BCUT2D eigenvalue weighted by molar-refractivity contribution is 5.80. The van der Waals surface area contributed by atoms with E-state index in [1.54, 1.807) is 0 Å². The van der Waals surface area contributed by atoms with Crippen molar-refractivity contribution < 1.29 is 4.74 Å². The number of benzene rings is 1. The maximum atomic E-state index is 6.17. The molecule has 2 aromatic rings. The molecule has 90 valence electrons. The van der Waals surface area contributed by atoms with Gasteiger partial charge in [0.15, 0.2) is 0 Å². The van der Waals surface area contributed by atoms with Gasteiger partial charge in [0.05, 0.1) is 0 Å². The van der Waals surface area contributed by atoms with Crippen molar-refractivity contribution in [2.24, 2.45) is 0 Å². The van der Waals surface area contributed by atoms with E-state index in [1.807, 2.05) is 12.3 Å². The molecule has 0 atom stereocenters. The van der Waals surface area contributed by atoms with Crippen LogP contribution < -0.4 is 10.1 Å². The van der Waals surface area contributed by atoms with Gasteiger partial charge in [-0.15, -0.1) is 0 Å². The molecule has 1 saturated heterocycles. The molecule has 0 bridgehead atoms. The number of aromatic amines is 1. The molecule has 0 spiro atoms. The quantitative estimate of drug-likeness (QED) is 0.832. The summed E-state index contributed by atoms with van der Waals surface area (Å²) in [7, 11) is 0. The van der Waals surface area contributed by atoms with Crippen molar-refractivity contribution in [2.45, 2.75) is 25.4 Å². The van der Waals surface area contributed by atoms with Gasteiger partial charge in [0, 0.05) is 17.1 Å². The first-order valence-electron chi connectivity index (χ1n) is 6.22. The number of hydrogen-bond acceptors (Lipinski definition) is 2. The fraction of sp³-hybridized carbons (Fsp3) is 0.429. The fourth-order valence-corrected chi connectivity index (χ4v) is 2.44. The minimum absolute atomic E-state index is 0.0186. The Kier molecular flexibility index (Phi) is 2.56. The van der Waals surface area contributed by atoms with Crippen LogP contribution in [0, 0.1) is 0 Å². The van der Waals surface area contributed by atoms with Crippen molar-refractivity contribution >= 4 is 10.9 Å². The van der Waals surface area contributed by atoms with Gasteiger partial charge in [0.1, 0.15) is 11.4 Å². The average Bonchev–Trinajstić information content (AvgIpc) is 2.76. The molecule has 17 heavy (non-hydrogen) atoms. The molecule has 1 aliphatic rings. The Morgan fingerprint density at radius 1 is 1.18 bits per heavy atom. The van der Waals surface area contributed by atoms with E-state index in [1.165, 1.54) is 5.39 Å². The molecule has 0 radical (unpaired) electrons. The lowest BCUT2D eigenvalue weighted by Gasteiger charge is -2.34. The Morgan fingerprint density at radius 3 is 2.82 bits per heavy atom. The van der Waals surface area contributed by atoms with Gasteiger partial charge >= 0.3 is 0 Å². The van der Waals surface area contributed by atoms with Gasteiger partial charge in [0.25, 0.3) is 0 Å². The lowest BCUT2D eigenvalue weighted by Crippen LogP contribution is -2.43. The molecule has 1 aliphatic heterocycles. The van der Waals surface area contributed by atoms with Crippen LogP contribution in [-0.4, -0.2) is 23.7 Å². The van der Waals surface area contributed by atoms with Crippen molar-refractivity contribution in [1.29, 1.82) is 0 Å². The summed E-state index contributed by atoms with van der Waals surface area (Å²) >= 11 is 0. The highest BCUT2D eigenvalue weighted by atomic mass is 16.5. The fourth-order valence-electron chi connectivity index (χ4n) is 2.44. The van der Waals surface area contributed by atoms with Crippen LogP contribution in [0.1, 0.15) is 19.8 Å². The second kappa shape index (κ2) is 4.08. The standard InChI is InChI=1S/C14H18N2O/c1-14(5-8-15-9-6-14)17-12-2-3-13-11(10-12)4-7-16-13/h2-4,7,10,15-16H,5-6,8-9H2,1H3. The zero-order valence-electron chi connectivity index (χ0n) is 10.1. The van der Waals surface area contributed by atoms with Crippen LogP contribution in [0.3, 0.4) is 0 Å². The largest absolute Gasteiger partial charge is 0.487 e. The Morgan fingerprint density at radius 2 is 2.00 bits per heavy atom. The molecule has 1 aromatic carbocycles. The van der Waals surface area contributed by atoms with Crippen LogP contribution >= 0.6 is 0 Å². The van der Waals surface area contributed by atoms with Gasteiger partial charge in [-0.25, -0.2) is 0 Å². The second-order valence-corrected chi connectivity index (χ2v) is 5.03. The van der Waals surface area contributed by atoms with Gasteiger partial charge in [-0.3, -0.25) is 0 Å². The van der Waals surface area contributed by atoms with Gasteiger partial charge in [0.2, 0.25) is 0 Å². The predicted octanol–water partition coefficient (Wildman–Crippen LogP) is 2.69. The van der Waals surface area contributed by atoms with Crippen molar-refractivity contribution in [3.05, 3.63) is 30.5 Å². The van der Waals surface area contributed by atoms with E-state index in [0.717, 1.165) is 37.2 Å². The first-order valence-corrected chi connectivity index (χ1v) is 6.22. The molecule has 3 nitrogen and oxygen atoms in total. The van der Waals surface area contributed by atoms with E-state index >= 15 is 0 Å². The van der Waals surface area contributed by atoms with Crippen LogP contribution in [0.2, 0.25) is 0 Å². The molecular formula is C14H18N2O. The molecule has 0 amide bonds. The number of nitrogens with one attached hydrogen (secondary N) is 2. The first-order chi connectivity index (χ1) is 8.25. The minimum atomic E-state index is -0.0186. The van der Waals surface area contributed by atoms with E-state index in [-0.39, 0.29) is 5.60 Å². The number of piperidine rings is 1. The summed E-state index contributed by atoms with van der Waals surface area (Å²) in [4.78, 5) is 3.19. The number of aromatic nitrogens is 1. The number of ether oxygens (including phenoxy) is 1. The third-order valence-electron chi connectivity index (χ3n) is 3.55.